The smallest absolute Gasteiger partial charge is 0.409 e. The summed E-state index contributed by atoms with van der Waals surface area (Å²) in [6, 6.07) is 5.82. The Bertz CT molecular complexity index is 1360. The normalized spacial score (nSPS) is 17.8. The summed E-state index contributed by atoms with van der Waals surface area (Å²) in [5.41, 5.74) is 0.540. The molecule has 11 heteroatoms. The molecule has 1 aliphatic heterocycles. The van der Waals surface area contributed by atoms with Gasteiger partial charge >= 0.3 is 12.2 Å². The number of methoxy groups -OCH3 is 1. The summed E-state index contributed by atoms with van der Waals surface area (Å²) in [5, 5.41) is 6.72. The Morgan fingerprint density at radius 1 is 1.19 bits per heavy atom. The topological polar surface area (TPSA) is 119 Å². The fourth-order valence-electron chi connectivity index (χ4n) is 5.47. The zero-order valence-electron chi connectivity index (χ0n) is 26.3. The minimum atomic E-state index is -0.848. The molecule has 1 aromatic carbocycles. The van der Waals surface area contributed by atoms with E-state index in [-0.39, 0.29) is 36.7 Å². The number of likely N-dealkylation sites (tertiary alicyclic amines) is 1. The number of ketones is 1. The maximum absolute atomic E-state index is 13.7. The molecule has 0 saturated carbocycles. The number of alkyl carbamates (subject to hydrolysis) is 1. The standard InChI is InChI=1S/C32H45BrN4O6/c1-9-10-14-32(5,6)19-43-29(40)35-27(31(2,3)4)26(38)16-21-15-20(18-37(21)30(41)42-8)34-28(39)25-17-22-23(33)12-11-13-24(22)36(25)7/h9,11-13,17,20-21,27H,1,10,14-16,18-19H2,2-8H3,(H,34,39)(H,35,40)/t20-,21?,27-/m1/s1. The molecule has 2 heterocycles. The lowest BCUT2D eigenvalue weighted by molar-refractivity contribution is -0.124. The second kappa shape index (κ2) is 14.0. The van der Waals surface area contributed by atoms with Gasteiger partial charge in [0.05, 0.1) is 19.8 Å². The van der Waals surface area contributed by atoms with Crippen molar-refractivity contribution in [2.75, 3.05) is 20.3 Å². The van der Waals surface area contributed by atoms with Crippen molar-refractivity contribution in [3.63, 3.8) is 0 Å². The highest BCUT2D eigenvalue weighted by Crippen LogP contribution is 2.29. The van der Waals surface area contributed by atoms with Gasteiger partial charge in [0.1, 0.15) is 5.69 Å². The van der Waals surface area contributed by atoms with Crippen molar-refractivity contribution in [2.45, 2.75) is 78.4 Å². The number of ether oxygens (including phenoxy) is 2. The van der Waals surface area contributed by atoms with E-state index in [1.165, 1.54) is 12.0 Å². The van der Waals surface area contributed by atoms with E-state index in [9.17, 15) is 19.2 Å². The number of rotatable bonds is 11. The number of hydrogen-bond acceptors (Lipinski definition) is 6. The van der Waals surface area contributed by atoms with Gasteiger partial charge in [0, 0.05) is 47.5 Å². The van der Waals surface area contributed by atoms with Crippen LogP contribution in [-0.4, -0.2) is 71.7 Å². The molecule has 1 aromatic heterocycles. The Labute approximate surface area is 262 Å². The molecule has 3 amide bonds. The molecule has 0 aliphatic carbocycles. The maximum atomic E-state index is 13.7. The van der Waals surface area contributed by atoms with Crippen molar-refractivity contribution >= 4 is 50.7 Å². The summed E-state index contributed by atoms with van der Waals surface area (Å²) in [4.78, 5) is 53.9. The molecule has 1 saturated heterocycles. The van der Waals surface area contributed by atoms with Crippen LogP contribution in [0.5, 0.6) is 0 Å². The highest BCUT2D eigenvalue weighted by Gasteiger charge is 2.41. The van der Waals surface area contributed by atoms with Crippen LogP contribution in [0.2, 0.25) is 0 Å². The second-order valence-corrected chi connectivity index (χ2v) is 14.0. The van der Waals surface area contributed by atoms with Gasteiger partial charge < -0.3 is 29.6 Å². The van der Waals surface area contributed by atoms with Gasteiger partial charge in [-0.15, -0.1) is 6.58 Å². The number of aryl methyl sites for hydroxylation is 1. The van der Waals surface area contributed by atoms with Crippen LogP contribution < -0.4 is 10.6 Å². The van der Waals surface area contributed by atoms with E-state index in [1.54, 1.807) is 0 Å². The number of carbonyl (C=O) groups is 4. The van der Waals surface area contributed by atoms with E-state index >= 15 is 0 Å². The SMILES string of the molecule is C=CCCC(C)(C)COC(=O)N[C@H](C(=O)CC1C[C@@H](NC(=O)c2cc3c(Br)cccc3n2C)CN1C(=O)OC)C(C)(C)C. The van der Waals surface area contributed by atoms with Crippen molar-refractivity contribution < 1.29 is 28.7 Å². The first kappa shape index (κ1) is 34.2. The van der Waals surface area contributed by atoms with Crippen LogP contribution in [0.3, 0.4) is 0 Å². The summed E-state index contributed by atoms with van der Waals surface area (Å²) in [6.45, 7) is 13.7. The van der Waals surface area contributed by atoms with Crippen LogP contribution in [0.15, 0.2) is 41.4 Å². The quantitative estimate of drug-likeness (QED) is 0.287. The van der Waals surface area contributed by atoms with Crippen molar-refractivity contribution in [1.29, 1.82) is 0 Å². The van der Waals surface area contributed by atoms with Crippen LogP contribution in [0.25, 0.3) is 10.9 Å². The molecule has 0 bridgehead atoms. The number of fused-ring (bicyclic) bond motifs is 1. The first-order valence-electron chi connectivity index (χ1n) is 14.5. The van der Waals surface area contributed by atoms with Gasteiger partial charge in [-0.05, 0) is 48.3 Å². The third-order valence-corrected chi connectivity index (χ3v) is 8.62. The number of nitrogens with one attached hydrogen (secondary N) is 2. The van der Waals surface area contributed by atoms with E-state index in [2.05, 4.69) is 33.1 Å². The maximum Gasteiger partial charge on any atom is 0.409 e. The lowest BCUT2D eigenvalue weighted by Crippen LogP contribution is -2.51. The first-order chi connectivity index (χ1) is 20.1. The predicted molar refractivity (Wildman–Crippen MR) is 170 cm³/mol. The first-order valence-corrected chi connectivity index (χ1v) is 15.3. The average molecular weight is 662 g/mol. The van der Waals surface area contributed by atoms with Crippen LogP contribution in [0, 0.1) is 10.8 Å². The summed E-state index contributed by atoms with van der Waals surface area (Å²) in [7, 11) is 3.11. The Morgan fingerprint density at radius 2 is 1.88 bits per heavy atom. The van der Waals surface area contributed by atoms with E-state index < -0.39 is 35.7 Å². The predicted octanol–water partition coefficient (Wildman–Crippen LogP) is 5.97. The molecule has 1 aliphatic rings. The number of amides is 3. The minimum absolute atomic E-state index is 0.0184. The number of allylic oxidation sites excluding steroid dienone is 1. The van der Waals surface area contributed by atoms with E-state index in [4.69, 9.17) is 9.47 Å². The molecule has 43 heavy (non-hydrogen) atoms. The van der Waals surface area contributed by atoms with E-state index in [0.29, 0.717) is 12.1 Å². The summed E-state index contributed by atoms with van der Waals surface area (Å²) in [6.07, 6.45) is 2.55. The molecule has 0 spiro atoms. The molecular weight excluding hydrogens is 616 g/mol. The Kier molecular flexibility index (Phi) is 11.1. The zero-order valence-corrected chi connectivity index (χ0v) is 27.9. The van der Waals surface area contributed by atoms with Crippen LogP contribution in [0.4, 0.5) is 9.59 Å². The molecule has 2 N–H and O–H groups in total. The van der Waals surface area contributed by atoms with Crippen LogP contribution in [-0.2, 0) is 21.3 Å². The van der Waals surface area contributed by atoms with Crippen LogP contribution >= 0.6 is 15.9 Å². The van der Waals surface area contributed by atoms with Gasteiger partial charge in [0.15, 0.2) is 5.78 Å². The molecule has 3 atom stereocenters. The van der Waals surface area contributed by atoms with E-state index in [1.807, 2.05) is 76.6 Å². The van der Waals surface area contributed by atoms with Crippen LogP contribution in [0.1, 0.15) is 70.8 Å². The van der Waals surface area contributed by atoms with Crippen molar-refractivity contribution in [3.8, 4) is 0 Å². The monoisotopic (exact) mass is 660 g/mol. The number of halogens is 1. The van der Waals surface area contributed by atoms with Gasteiger partial charge in [-0.3, -0.25) is 9.59 Å². The van der Waals surface area contributed by atoms with Gasteiger partial charge in [-0.2, -0.15) is 0 Å². The summed E-state index contributed by atoms with van der Waals surface area (Å²) in [5.74, 6) is -0.514. The molecular formula is C32H45BrN4O6. The molecule has 0 radical (unpaired) electrons. The molecule has 3 rings (SSSR count). The number of carbonyl (C=O) groups excluding carboxylic acids is 4. The minimum Gasteiger partial charge on any atom is -0.453 e. The van der Waals surface area contributed by atoms with Gasteiger partial charge in [-0.25, -0.2) is 9.59 Å². The van der Waals surface area contributed by atoms with Gasteiger partial charge in [-0.1, -0.05) is 62.7 Å². The third kappa shape index (κ3) is 8.61. The Balaban J connectivity index is 1.70. The van der Waals surface area contributed by atoms with E-state index in [0.717, 1.165) is 28.2 Å². The lowest BCUT2D eigenvalue weighted by Gasteiger charge is -2.32. The number of Topliss-reactive ketones (excluding diaryl/α,β-unsaturated/α-hetero) is 1. The lowest BCUT2D eigenvalue weighted by atomic mass is 9.82. The second-order valence-electron chi connectivity index (χ2n) is 13.1. The fourth-order valence-corrected chi connectivity index (χ4v) is 5.94. The molecule has 1 fully saturated rings. The Morgan fingerprint density at radius 3 is 2.49 bits per heavy atom. The summed E-state index contributed by atoms with van der Waals surface area (Å²) < 4.78 is 13.2. The van der Waals surface area contributed by atoms with Crippen molar-refractivity contribution in [1.82, 2.24) is 20.1 Å². The summed E-state index contributed by atoms with van der Waals surface area (Å²) >= 11 is 3.54. The average Bonchev–Trinajstić information content (AvgIpc) is 3.49. The highest BCUT2D eigenvalue weighted by molar-refractivity contribution is 9.10. The third-order valence-electron chi connectivity index (χ3n) is 7.93. The van der Waals surface area contributed by atoms with Crippen molar-refractivity contribution in [3.05, 3.63) is 47.1 Å². The number of aromatic nitrogens is 1. The fraction of sp³-hybridized carbons (Fsp3) is 0.562. The highest BCUT2D eigenvalue weighted by atomic mass is 79.9. The number of hydrogen-bond donors (Lipinski definition) is 2. The number of benzene rings is 1. The number of nitrogens with zero attached hydrogens (tertiary/aromatic N) is 2. The molecule has 10 nitrogen and oxygen atoms in total. The van der Waals surface area contributed by atoms with Gasteiger partial charge in [0.2, 0.25) is 0 Å². The molecule has 1 unspecified atom stereocenters. The zero-order chi connectivity index (χ0) is 32.1. The molecule has 236 valence electrons. The van der Waals surface area contributed by atoms with Gasteiger partial charge in [0.25, 0.3) is 5.91 Å². The largest absolute Gasteiger partial charge is 0.453 e. The Hall–Kier alpha value is -3.34. The van der Waals surface area contributed by atoms with Crippen molar-refractivity contribution in [2.24, 2.45) is 17.9 Å². The molecule has 2 aromatic rings.